The van der Waals surface area contributed by atoms with Gasteiger partial charge in [-0.25, -0.2) is 5.43 Å². The molecule has 0 aliphatic rings. The van der Waals surface area contributed by atoms with Crippen LogP contribution in [-0.4, -0.2) is 21.7 Å². The van der Waals surface area contributed by atoms with E-state index in [2.05, 4.69) is 15.5 Å². The van der Waals surface area contributed by atoms with Crippen molar-refractivity contribution in [1.29, 1.82) is 0 Å². The van der Waals surface area contributed by atoms with Crippen LogP contribution in [0.2, 0.25) is 5.02 Å². The summed E-state index contributed by atoms with van der Waals surface area (Å²) in [5.74, 6) is -0.569. The van der Waals surface area contributed by atoms with Crippen molar-refractivity contribution in [2.24, 2.45) is 5.10 Å². The lowest BCUT2D eigenvalue weighted by Gasteiger charge is -2.08. The van der Waals surface area contributed by atoms with Crippen LogP contribution in [-0.2, 0) is 6.54 Å². The summed E-state index contributed by atoms with van der Waals surface area (Å²) in [4.78, 5) is 28.7. The molecular weight excluding hydrogens is 352 g/mol. The predicted molar refractivity (Wildman–Crippen MR) is 101 cm³/mol. The van der Waals surface area contributed by atoms with Gasteiger partial charge in [0.1, 0.15) is 5.56 Å². The van der Waals surface area contributed by atoms with Crippen molar-refractivity contribution in [3.63, 3.8) is 0 Å². The van der Waals surface area contributed by atoms with Crippen LogP contribution in [0, 0.1) is 0 Å². The van der Waals surface area contributed by atoms with Crippen molar-refractivity contribution >= 4 is 23.7 Å². The van der Waals surface area contributed by atoms with E-state index in [0.29, 0.717) is 11.6 Å². The van der Waals surface area contributed by atoms with Crippen LogP contribution in [0.4, 0.5) is 0 Å². The van der Waals surface area contributed by atoms with Gasteiger partial charge in [-0.3, -0.25) is 14.6 Å². The molecule has 7 heteroatoms. The van der Waals surface area contributed by atoms with Gasteiger partial charge in [-0.05, 0) is 35.9 Å². The highest BCUT2D eigenvalue weighted by atomic mass is 35.5. The number of halogens is 1. The zero-order chi connectivity index (χ0) is 18.4. The first-order valence-electron chi connectivity index (χ1n) is 7.81. The molecule has 0 saturated carbocycles. The summed E-state index contributed by atoms with van der Waals surface area (Å²) in [6.45, 7) is 0.343. The molecule has 0 saturated heterocycles. The highest BCUT2D eigenvalue weighted by molar-refractivity contribution is 6.30. The van der Waals surface area contributed by atoms with E-state index in [0.717, 1.165) is 11.1 Å². The molecule has 3 aromatic rings. The van der Waals surface area contributed by atoms with Gasteiger partial charge in [-0.2, -0.15) is 5.10 Å². The summed E-state index contributed by atoms with van der Waals surface area (Å²) >= 11 is 5.87. The molecule has 0 aliphatic carbocycles. The molecule has 2 aromatic heterocycles. The molecule has 0 atom stereocenters. The Balaban J connectivity index is 1.73. The van der Waals surface area contributed by atoms with Crippen molar-refractivity contribution in [2.75, 3.05) is 0 Å². The first-order chi connectivity index (χ1) is 12.6. The fourth-order valence-electron chi connectivity index (χ4n) is 2.30. The number of aromatic nitrogens is 2. The minimum absolute atomic E-state index is 0.0183. The van der Waals surface area contributed by atoms with Crippen LogP contribution in [0.15, 0.2) is 77.0 Å². The number of nitrogens with one attached hydrogen (secondary N) is 1. The summed E-state index contributed by atoms with van der Waals surface area (Å²) in [7, 11) is 0. The normalized spacial score (nSPS) is 10.8. The first kappa shape index (κ1) is 17.6. The average molecular weight is 367 g/mol. The van der Waals surface area contributed by atoms with Crippen molar-refractivity contribution in [2.45, 2.75) is 6.54 Å². The molecule has 1 aromatic carbocycles. The molecule has 0 aliphatic heterocycles. The van der Waals surface area contributed by atoms with Gasteiger partial charge >= 0.3 is 0 Å². The highest BCUT2D eigenvalue weighted by Gasteiger charge is 2.11. The SMILES string of the molecule is O=C(N/N=C\c1cccnc1)c1cccn(Cc2ccc(Cl)cc2)c1=O. The summed E-state index contributed by atoms with van der Waals surface area (Å²) in [6, 6.07) is 13.9. The lowest BCUT2D eigenvalue weighted by atomic mass is 10.2. The summed E-state index contributed by atoms with van der Waals surface area (Å²) < 4.78 is 1.46. The lowest BCUT2D eigenvalue weighted by molar-refractivity contribution is 0.0953. The topological polar surface area (TPSA) is 76.3 Å². The Hall–Kier alpha value is -3.25. The molecule has 1 amide bonds. The Morgan fingerprint density at radius 2 is 2.00 bits per heavy atom. The fourth-order valence-corrected chi connectivity index (χ4v) is 2.42. The van der Waals surface area contributed by atoms with Crippen molar-refractivity contribution in [3.05, 3.63) is 99.2 Å². The molecule has 1 N–H and O–H groups in total. The van der Waals surface area contributed by atoms with Crippen LogP contribution in [0.3, 0.4) is 0 Å². The molecule has 0 spiro atoms. The van der Waals surface area contributed by atoms with E-state index in [1.165, 1.54) is 16.8 Å². The van der Waals surface area contributed by atoms with E-state index >= 15 is 0 Å². The smallest absolute Gasteiger partial charge is 0.276 e. The quantitative estimate of drug-likeness (QED) is 0.557. The Morgan fingerprint density at radius 1 is 1.19 bits per heavy atom. The number of amides is 1. The van der Waals surface area contributed by atoms with Crippen molar-refractivity contribution in [1.82, 2.24) is 15.0 Å². The van der Waals surface area contributed by atoms with Gasteiger partial charge in [0, 0.05) is 29.2 Å². The largest absolute Gasteiger partial charge is 0.310 e. The second-order valence-electron chi connectivity index (χ2n) is 5.47. The maximum Gasteiger partial charge on any atom is 0.276 e. The second kappa shape index (κ2) is 8.22. The Morgan fingerprint density at radius 3 is 2.73 bits per heavy atom. The van der Waals surface area contributed by atoms with E-state index in [1.54, 1.807) is 48.9 Å². The van der Waals surface area contributed by atoms with Gasteiger partial charge in [-0.1, -0.05) is 29.8 Å². The van der Waals surface area contributed by atoms with E-state index in [1.807, 2.05) is 12.1 Å². The molecule has 0 fully saturated rings. The molecule has 0 unspecified atom stereocenters. The molecule has 0 radical (unpaired) electrons. The van der Waals surface area contributed by atoms with E-state index < -0.39 is 11.5 Å². The molecule has 6 nitrogen and oxygen atoms in total. The van der Waals surface area contributed by atoms with Crippen LogP contribution in [0.5, 0.6) is 0 Å². The van der Waals surface area contributed by atoms with Gasteiger partial charge in [0.15, 0.2) is 0 Å². The molecule has 0 bridgehead atoms. The Bertz CT molecular complexity index is 982. The van der Waals surface area contributed by atoms with Gasteiger partial charge in [-0.15, -0.1) is 0 Å². The number of hydrazone groups is 1. The minimum atomic E-state index is -0.569. The zero-order valence-corrected chi connectivity index (χ0v) is 14.4. The third-order valence-corrected chi connectivity index (χ3v) is 3.85. The first-order valence-corrected chi connectivity index (χ1v) is 8.18. The van der Waals surface area contributed by atoms with Crippen LogP contribution in [0.25, 0.3) is 0 Å². The monoisotopic (exact) mass is 366 g/mol. The standard InChI is InChI=1S/C19H15ClN4O2/c20-16-7-5-14(6-8-16)13-24-10-2-4-17(19(24)26)18(25)23-22-12-15-3-1-9-21-11-15/h1-12H,13H2,(H,23,25)/b22-12-. The van der Waals surface area contributed by atoms with Gasteiger partial charge < -0.3 is 4.57 Å². The number of hydrogen-bond donors (Lipinski definition) is 1. The maximum atomic E-state index is 12.5. The van der Waals surface area contributed by atoms with Crippen LogP contribution >= 0.6 is 11.6 Å². The summed E-state index contributed by atoms with van der Waals surface area (Å²) in [6.07, 6.45) is 6.34. The Labute approximate surface area is 154 Å². The summed E-state index contributed by atoms with van der Waals surface area (Å²) in [5, 5.41) is 4.48. The third kappa shape index (κ3) is 4.43. The number of nitrogens with zero attached hydrogens (tertiary/aromatic N) is 3. The van der Waals surface area contributed by atoms with Gasteiger partial charge in [0.25, 0.3) is 11.5 Å². The predicted octanol–water partition coefficient (Wildman–Crippen LogP) is 2.71. The zero-order valence-electron chi connectivity index (χ0n) is 13.7. The minimum Gasteiger partial charge on any atom is -0.310 e. The molecule has 3 rings (SSSR count). The molecule has 26 heavy (non-hydrogen) atoms. The van der Waals surface area contributed by atoms with Crippen molar-refractivity contribution < 1.29 is 4.79 Å². The number of pyridine rings is 2. The molecular formula is C19H15ClN4O2. The third-order valence-electron chi connectivity index (χ3n) is 3.60. The van der Waals surface area contributed by atoms with Crippen LogP contribution < -0.4 is 11.0 Å². The number of rotatable bonds is 5. The maximum absolute atomic E-state index is 12.5. The highest BCUT2D eigenvalue weighted by Crippen LogP contribution is 2.10. The van der Waals surface area contributed by atoms with Crippen LogP contribution in [0.1, 0.15) is 21.5 Å². The number of benzene rings is 1. The number of hydrogen-bond acceptors (Lipinski definition) is 4. The van der Waals surface area contributed by atoms with Crippen molar-refractivity contribution in [3.8, 4) is 0 Å². The molecule has 130 valence electrons. The second-order valence-corrected chi connectivity index (χ2v) is 5.90. The fraction of sp³-hybridized carbons (Fsp3) is 0.0526. The number of carbonyl (C=O) groups is 1. The van der Waals surface area contributed by atoms with Gasteiger partial charge in [0.05, 0.1) is 12.8 Å². The number of carbonyl (C=O) groups excluding carboxylic acids is 1. The lowest BCUT2D eigenvalue weighted by Crippen LogP contribution is -2.30. The molecule has 2 heterocycles. The Kier molecular flexibility index (Phi) is 5.56. The van der Waals surface area contributed by atoms with E-state index in [9.17, 15) is 9.59 Å². The summed E-state index contributed by atoms with van der Waals surface area (Å²) in [5.41, 5.74) is 3.63. The average Bonchev–Trinajstić information content (AvgIpc) is 2.66. The van der Waals surface area contributed by atoms with E-state index in [-0.39, 0.29) is 5.56 Å². The van der Waals surface area contributed by atoms with Gasteiger partial charge in [0.2, 0.25) is 0 Å². The van der Waals surface area contributed by atoms with E-state index in [4.69, 9.17) is 11.6 Å².